The minimum absolute atomic E-state index is 0.100. The SMILES string of the molecule is Cc1nccnc1-c1cc2c(n3cnnc13)N(C(=O)OC(C)(C)C)Cc1c(F)ccc3c1C(CO3)CO2. The van der Waals surface area contributed by atoms with Gasteiger partial charge in [-0.3, -0.25) is 19.3 Å². The number of hydrogen-bond donors (Lipinski definition) is 0. The number of benzene rings is 1. The lowest BCUT2D eigenvalue weighted by Gasteiger charge is -2.29. The van der Waals surface area contributed by atoms with Crippen molar-refractivity contribution in [2.75, 3.05) is 18.1 Å². The largest absolute Gasteiger partial charge is 0.493 e. The summed E-state index contributed by atoms with van der Waals surface area (Å²) in [5.74, 6) is 0.645. The van der Waals surface area contributed by atoms with Crippen molar-refractivity contribution in [2.45, 2.75) is 45.8 Å². The van der Waals surface area contributed by atoms with Gasteiger partial charge in [0, 0.05) is 23.5 Å². The fourth-order valence-corrected chi connectivity index (χ4v) is 4.82. The molecule has 5 heterocycles. The predicted molar refractivity (Wildman–Crippen MR) is 131 cm³/mol. The van der Waals surface area contributed by atoms with Crippen LogP contribution in [0.1, 0.15) is 43.5 Å². The highest BCUT2D eigenvalue weighted by molar-refractivity contribution is 5.91. The summed E-state index contributed by atoms with van der Waals surface area (Å²) in [6, 6.07) is 4.75. The molecule has 4 aromatic rings. The van der Waals surface area contributed by atoms with Crippen LogP contribution in [0.25, 0.3) is 16.9 Å². The number of amides is 1. The second kappa shape index (κ2) is 8.39. The van der Waals surface area contributed by atoms with Crippen LogP contribution in [-0.2, 0) is 11.3 Å². The molecule has 2 aliphatic rings. The minimum atomic E-state index is -0.789. The fraction of sp³-hybridized carbons (Fsp3) is 0.346. The lowest BCUT2D eigenvalue weighted by Crippen LogP contribution is -2.38. The van der Waals surface area contributed by atoms with Crippen molar-refractivity contribution in [2.24, 2.45) is 0 Å². The van der Waals surface area contributed by atoms with Crippen LogP contribution in [0.2, 0.25) is 0 Å². The van der Waals surface area contributed by atoms with E-state index in [0.717, 1.165) is 0 Å². The van der Waals surface area contributed by atoms with Gasteiger partial charge in [0.15, 0.2) is 17.2 Å². The maximum atomic E-state index is 15.3. The molecule has 1 aromatic carbocycles. The van der Waals surface area contributed by atoms with Gasteiger partial charge in [-0.15, -0.1) is 10.2 Å². The smallest absolute Gasteiger partial charge is 0.416 e. The average Bonchev–Trinajstić information content (AvgIpc) is 3.49. The van der Waals surface area contributed by atoms with Gasteiger partial charge in [-0.1, -0.05) is 0 Å². The molecule has 1 amide bonds. The van der Waals surface area contributed by atoms with Crippen LogP contribution in [-0.4, -0.2) is 49.5 Å². The Bertz CT molecular complexity index is 1550. The predicted octanol–water partition coefficient (Wildman–Crippen LogP) is 4.44. The highest BCUT2D eigenvalue weighted by Gasteiger charge is 2.37. The van der Waals surface area contributed by atoms with Gasteiger partial charge in [0.1, 0.15) is 23.5 Å². The van der Waals surface area contributed by atoms with Gasteiger partial charge in [0.25, 0.3) is 0 Å². The van der Waals surface area contributed by atoms with Crippen LogP contribution in [0.3, 0.4) is 0 Å². The molecule has 1 atom stereocenters. The van der Waals surface area contributed by atoms with E-state index in [0.29, 0.717) is 57.6 Å². The Kier molecular flexibility index (Phi) is 5.25. The lowest BCUT2D eigenvalue weighted by molar-refractivity contribution is 0.0574. The highest BCUT2D eigenvalue weighted by atomic mass is 19.1. The molecule has 10 nitrogen and oxygen atoms in total. The summed E-state index contributed by atoms with van der Waals surface area (Å²) < 4.78 is 34.9. The lowest BCUT2D eigenvalue weighted by atomic mass is 9.95. The summed E-state index contributed by atoms with van der Waals surface area (Å²) in [5.41, 5.74) is 2.66. The van der Waals surface area contributed by atoms with E-state index in [2.05, 4.69) is 20.2 Å². The Hall–Kier alpha value is -4.28. The number of carbonyl (C=O) groups excluding carboxylic acids is 1. The summed E-state index contributed by atoms with van der Waals surface area (Å²) in [4.78, 5) is 23.9. The first-order valence-electron chi connectivity index (χ1n) is 11.9. The van der Waals surface area contributed by atoms with Crippen molar-refractivity contribution in [3.8, 4) is 22.8 Å². The molecular formula is C26H25FN6O4. The van der Waals surface area contributed by atoms with E-state index in [-0.39, 0.29) is 19.1 Å². The Morgan fingerprint density at radius 1 is 1.14 bits per heavy atom. The Labute approximate surface area is 212 Å². The Morgan fingerprint density at radius 3 is 2.65 bits per heavy atom. The zero-order chi connectivity index (χ0) is 25.9. The third kappa shape index (κ3) is 3.90. The number of nitrogens with zero attached hydrogens (tertiary/aromatic N) is 6. The third-order valence-corrected chi connectivity index (χ3v) is 6.38. The quantitative estimate of drug-likeness (QED) is 0.375. The topological polar surface area (TPSA) is 104 Å². The van der Waals surface area contributed by atoms with Gasteiger partial charge < -0.3 is 14.2 Å². The van der Waals surface area contributed by atoms with E-state index in [1.54, 1.807) is 49.7 Å². The zero-order valence-corrected chi connectivity index (χ0v) is 20.9. The number of carbonyl (C=O) groups is 1. The summed E-state index contributed by atoms with van der Waals surface area (Å²) in [7, 11) is 0. The second-order valence-electron chi connectivity index (χ2n) is 10.1. The van der Waals surface area contributed by atoms with Crippen LogP contribution < -0.4 is 14.4 Å². The molecule has 0 radical (unpaired) electrons. The first-order chi connectivity index (χ1) is 17.7. The normalized spacial score (nSPS) is 16.7. The minimum Gasteiger partial charge on any atom is -0.493 e. The molecule has 0 aliphatic carbocycles. The molecule has 0 spiro atoms. The molecule has 1 unspecified atom stereocenters. The van der Waals surface area contributed by atoms with Gasteiger partial charge in [0.2, 0.25) is 0 Å². The molecule has 37 heavy (non-hydrogen) atoms. The number of anilines is 1. The molecule has 6 rings (SSSR count). The van der Waals surface area contributed by atoms with Gasteiger partial charge in [-0.05, 0) is 45.9 Å². The van der Waals surface area contributed by atoms with Crippen LogP contribution >= 0.6 is 0 Å². The number of aromatic nitrogens is 5. The molecule has 0 saturated heterocycles. The standard InChI is InChI=1S/C26H25FN6O4/c1-14-22(29-8-7-28-14)16-9-20-24(33-13-30-31-23(16)33)32(25(34)37-26(2,3)4)10-17-18(27)5-6-19-21(17)15(11-35-19)12-36-20/h5-9,13,15H,10-12H2,1-4H3. The first kappa shape index (κ1) is 23.1. The van der Waals surface area contributed by atoms with Crippen molar-refractivity contribution >= 4 is 17.6 Å². The number of pyridine rings is 1. The first-order valence-corrected chi connectivity index (χ1v) is 11.9. The monoisotopic (exact) mass is 504 g/mol. The van der Waals surface area contributed by atoms with Crippen LogP contribution in [0.5, 0.6) is 11.5 Å². The number of aryl methyl sites for hydroxylation is 1. The number of ether oxygens (including phenoxy) is 3. The van der Waals surface area contributed by atoms with Gasteiger partial charge in [-0.25, -0.2) is 9.18 Å². The van der Waals surface area contributed by atoms with Gasteiger partial charge in [0.05, 0.1) is 42.6 Å². The van der Waals surface area contributed by atoms with Gasteiger partial charge >= 0.3 is 6.09 Å². The molecule has 11 heteroatoms. The molecule has 0 bridgehead atoms. The summed E-state index contributed by atoms with van der Waals surface area (Å²) in [5, 5.41) is 8.42. The van der Waals surface area contributed by atoms with E-state index >= 15 is 4.39 Å². The van der Waals surface area contributed by atoms with Crippen molar-refractivity contribution < 1.29 is 23.4 Å². The van der Waals surface area contributed by atoms with Crippen LogP contribution in [0.15, 0.2) is 36.9 Å². The molecule has 2 aliphatic heterocycles. The van der Waals surface area contributed by atoms with Crippen molar-refractivity contribution in [3.63, 3.8) is 0 Å². The average molecular weight is 505 g/mol. The molecule has 3 aromatic heterocycles. The van der Waals surface area contributed by atoms with E-state index in [1.165, 1.54) is 17.3 Å². The van der Waals surface area contributed by atoms with Gasteiger partial charge in [-0.2, -0.15) is 0 Å². The molecule has 0 saturated carbocycles. The summed E-state index contributed by atoms with van der Waals surface area (Å²) >= 11 is 0. The molecular weight excluding hydrogens is 479 g/mol. The fourth-order valence-electron chi connectivity index (χ4n) is 4.82. The van der Waals surface area contributed by atoms with E-state index in [9.17, 15) is 4.79 Å². The molecule has 190 valence electrons. The van der Waals surface area contributed by atoms with Crippen molar-refractivity contribution in [1.29, 1.82) is 0 Å². The number of halogens is 1. The van der Waals surface area contributed by atoms with E-state index in [4.69, 9.17) is 14.2 Å². The van der Waals surface area contributed by atoms with Crippen LogP contribution in [0, 0.1) is 12.7 Å². The van der Waals surface area contributed by atoms with Crippen molar-refractivity contribution in [1.82, 2.24) is 24.6 Å². The molecule has 0 N–H and O–H groups in total. The Morgan fingerprint density at radius 2 is 1.89 bits per heavy atom. The number of rotatable bonds is 1. The number of fused-ring (bicyclic) bond motifs is 3. The van der Waals surface area contributed by atoms with Crippen molar-refractivity contribution in [3.05, 3.63) is 59.6 Å². The summed E-state index contributed by atoms with van der Waals surface area (Å²) in [6.07, 6.45) is 4.04. The van der Waals surface area contributed by atoms with Crippen LogP contribution in [0.4, 0.5) is 15.0 Å². The number of hydrogen-bond acceptors (Lipinski definition) is 8. The second-order valence-corrected chi connectivity index (χ2v) is 10.1. The summed E-state index contributed by atoms with van der Waals surface area (Å²) in [6.45, 7) is 7.63. The maximum Gasteiger partial charge on any atom is 0.416 e. The third-order valence-electron chi connectivity index (χ3n) is 6.38. The van der Waals surface area contributed by atoms with E-state index < -0.39 is 17.5 Å². The maximum absolute atomic E-state index is 15.3. The Balaban J connectivity index is 1.61. The highest BCUT2D eigenvalue weighted by Crippen LogP contribution is 2.44. The zero-order valence-electron chi connectivity index (χ0n) is 20.9. The van der Waals surface area contributed by atoms with E-state index in [1.807, 2.05) is 6.92 Å². The molecule has 0 fully saturated rings.